The summed E-state index contributed by atoms with van der Waals surface area (Å²) in [6.07, 6.45) is -0.550. The summed E-state index contributed by atoms with van der Waals surface area (Å²) >= 11 is 0. The Kier molecular flexibility index (Phi) is 3.02. The number of aliphatic hydroxyl groups is 1. The molecule has 0 amide bonds. The Labute approximate surface area is 102 Å². The molecule has 0 fully saturated rings. The summed E-state index contributed by atoms with van der Waals surface area (Å²) in [5.41, 5.74) is 1.63. The van der Waals surface area contributed by atoms with Crippen molar-refractivity contribution in [3.63, 3.8) is 0 Å². The highest BCUT2D eigenvalue weighted by Gasteiger charge is 2.35. The molecule has 4 heteroatoms. The van der Waals surface area contributed by atoms with Gasteiger partial charge in [0.2, 0.25) is 0 Å². The Morgan fingerprint density at radius 2 is 1.82 bits per heavy atom. The predicted molar refractivity (Wildman–Crippen MR) is 65.4 cm³/mol. The van der Waals surface area contributed by atoms with Crippen LogP contribution in [0.5, 0.6) is 11.5 Å². The standard InChI is InChI=1S/C13H19NO3/c1-13(2)12(15)9-6-11(17-4)10(16-3)5-8(9)7-14-13/h5-6,12,14-15H,7H2,1-4H3/t12-/m0/s1. The maximum absolute atomic E-state index is 10.3. The average Bonchev–Trinajstić information content (AvgIpc) is 2.33. The van der Waals surface area contributed by atoms with E-state index in [1.165, 1.54) is 0 Å². The molecular formula is C13H19NO3. The van der Waals surface area contributed by atoms with Crippen molar-refractivity contribution in [2.75, 3.05) is 14.2 Å². The molecule has 1 heterocycles. The highest BCUT2D eigenvalue weighted by molar-refractivity contribution is 5.49. The smallest absolute Gasteiger partial charge is 0.161 e. The van der Waals surface area contributed by atoms with E-state index in [4.69, 9.17) is 9.47 Å². The fraction of sp³-hybridized carbons (Fsp3) is 0.538. The first-order chi connectivity index (χ1) is 7.99. The van der Waals surface area contributed by atoms with E-state index in [0.29, 0.717) is 11.5 Å². The number of benzene rings is 1. The number of aliphatic hydroxyl groups excluding tert-OH is 1. The first-order valence-electron chi connectivity index (χ1n) is 5.67. The van der Waals surface area contributed by atoms with Crippen LogP contribution in [0.1, 0.15) is 31.1 Å². The SMILES string of the molecule is COc1cc2c(cc1OC)[C@H](O)C(C)(C)NC2. The van der Waals surface area contributed by atoms with Crippen LogP contribution in [0.25, 0.3) is 0 Å². The van der Waals surface area contributed by atoms with Gasteiger partial charge in [-0.15, -0.1) is 0 Å². The summed E-state index contributed by atoms with van der Waals surface area (Å²) in [5, 5.41) is 13.6. The molecule has 0 aliphatic carbocycles. The van der Waals surface area contributed by atoms with Gasteiger partial charge < -0.3 is 19.9 Å². The van der Waals surface area contributed by atoms with Crippen LogP contribution in [-0.4, -0.2) is 24.9 Å². The Balaban J connectivity index is 2.51. The summed E-state index contributed by atoms with van der Waals surface area (Å²) in [6, 6.07) is 3.78. The van der Waals surface area contributed by atoms with E-state index < -0.39 is 6.10 Å². The lowest BCUT2D eigenvalue weighted by Crippen LogP contribution is -2.48. The second-order valence-electron chi connectivity index (χ2n) is 4.88. The van der Waals surface area contributed by atoms with Crippen LogP contribution in [-0.2, 0) is 6.54 Å². The molecule has 0 radical (unpaired) electrons. The summed E-state index contributed by atoms with van der Waals surface area (Å²) in [7, 11) is 3.21. The van der Waals surface area contributed by atoms with Gasteiger partial charge in [-0.2, -0.15) is 0 Å². The van der Waals surface area contributed by atoms with Crippen molar-refractivity contribution in [1.29, 1.82) is 0 Å². The highest BCUT2D eigenvalue weighted by atomic mass is 16.5. The van der Waals surface area contributed by atoms with E-state index >= 15 is 0 Å². The largest absolute Gasteiger partial charge is 0.493 e. The topological polar surface area (TPSA) is 50.7 Å². The van der Waals surface area contributed by atoms with Crippen LogP contribution in [0.15, 0.2) is 12.1 Å². The first kappa shape index (κ1) is 12.2. The quantitative estimate of drug-likeness (QED) is 0.820. The van der Waals surface area contributed by atoms with E-state index in [0.717, 1.165) is 17.7 Å². The maximum atomic E-state index is 10.3. The molecule has 0 bridgehead atoms. The summed E-state index contributed by atoms with van der Waals surface area (Å²) < 4.78 is 10.5. The van der Waals surface area contributed by atoms with Gasteiger partial charge in [0.05, 0.1) is 20.3 Å². The molecule has 17 heavy (non-hydrogen) atoms. The zero-order chi connectivity index (χ0) is 12.6. The summed E-state index contributed by atoms with van der Waals surface area (Å²) in [4.78, 5) is 0. The molecule has 94 valence electrons. The van der Waals surface area contributed by atoms with Gasteiger partial charge in [0.25, 0.3) is 0 Å². The lowest BCUT2D eigenvalue weighted by Gasteiger charge is -2.38. The normalized spacial score (nSPS) is 21.8. The molecular weight excluding hydrogens is 218 g/mol. The fourth-order valence-corrected chi connectivity index (χ4v) is 2.15. The molecule has 1 atom stereocenters. The second-order valence-corrected chi connectivity index (χ2v) is 4.88. The molecule has 2 rings (SSSR count). The van der Waals surface area contributed by atoms with Crippen molar-refractivity contribution in [2.45, 2.75) is 32.0 Å². The molecule has 0 saturated heterocycles. The minimum absolute atomic E-state index is 0.327. The number of hydrogen-bond acceptors (Lipinski definition) is 4. The summed E-state index contributed by atoms with van der Waals surface area (Å²) in [5.74, 6) is 1.35. The van der Waals surface area contributed by atoms with Gasteiger partial charge in [0, 0.05) is 12.1 Å². The molecule has 0 saturated carbocycles. The van der Waals surface area contributed by atoms with Crippen molar-refractivity contribution in [1.82, 2.24) is 5.32 Å². The van der Waals surface area contributed by atoms with Crippen LogP contribution in [0.4, 0.5) is 0 Å². The molecule has 4 nitrogen and oxygen atoms in total. The first-order valence-corrected chi connectivity index (χ1v) is 5.67. The Bertz CT molecular complexity index is 429. The van der Waals surface area contributed by atoms with Crippen LogP contribution in [0.2, 0.25) is 0 Å². The number of hydrogen-bond donors (Lipinski definition) is 2. The second kappa shape index (κ2) is 4.20. The van der Waals surface area contributed by atoms with Crippen molar-refractivity contribution in [3.8, 4) is 11.5 Å². The number of ether oxygens (including phenoxy) is 2. The van der Waals surface area contributed by atoms with Gasteiger partial charge >= 0.3 is 0 Å². The molecule has 0 spiro atoms. The van der Waals surface area contributed by atoms with Gasteiger partial charge in [0.15, 0.2) is 11.5 Å². The van der Waals surface area contributed by atoms with Crippen LogP contribution in [0, 0.1) is 0 Å². The number of nitrogens with one attached hydrogen (secondary N) is 1. The van der Waals surface area contributed by atoms with E-state index in [1.807, 2.05) is 26.0 Å². The van der Waals surface area contributed by atoms with Crippen molar-refractivity contribution in [2.24, 2.45) is 0 Å². The Morgan fingerprint density at radius 3 is 2.41 bits per heavy atom. The molecule has 1 aliphatic rings. The van der Waals surface area contributed by atoms with Gasteiger partial charge in [-0.3, -0.25) is 0 Å². The van der Waals surface area contributed by atoms with E-state index in [2.05, 4.69) is 5.32 Å². The van der Waals surface area contributed by atoms with Crippen LogP contribution in [0.3, 0.4) is 0 Å². The van der Waals surface area contributed by atoms with E-state index in [1.54, 1.807) is 14.2 Å². The van der Waals surface area contributed by atoms with E-state index in [9.17, 15) is 5.11 Å². The predicted octanol–water partition coefficient (Wildman–Crippen LogP) is 1.62. The van der Waals surface area contributed by atoms with Crippen LogP contribution >= 0.6 is 0 Å². The van der Waals surface area contributed by atoms with Crippen LogP contribution < -0.4 is 14.8 Å². The maximum Gasteiger partial charge on any atom is 0.161 e. The number of rotatable bonds is 2. The van der Waals surface area contributed by atoms with Gasteiger partial charge in [-0.05, 0) is 37.1 Å². The highest BCUT2D eigenvalue weighted by Crippen LogP contribution is 2.39. The zero-order valence-corrected chi connectivity index (χ0v) is 10.7. The minimum atomic E-state index is -0.550. The molecule has 2 N–H and O–H groups in total. The van der Waals surface area contributed by atoms with Gasteiger partial charge in [0.1, 0.15) is 0 Å². The summed E-state index contributed by atoms with van der Waals surface area (Å²) in [6.45, 7) is 4.69. The number of fused-ring (bicyclic) bond motifs is 1. The Morgan fingerprint density at radius 1 is 1.24 bits per heavy atom. The third-order valence-corrected chi connectivity index (χ3v) is 3.36. The fourth-order valence-electron chi connectivity index (χ4n) is 2.15. The van der Waals surface area contributed by atoms with Crippen molar-refractivity contribution < 1.29 is 14.6 Å². The molecule has 0 unspecified atom stereocenters. The minimum Gasteiger partial charge on any atom is -0.493 e. The zero-order valence-electron chi connectivity index (χ0n) is 10.7. The molecule has 1 aliphatic heterocycles. The van der Waals surface area contributed by atoms with Gasteiger partial charge in [-0.1, -0.05) is 0 Å². The third kappa shape index (κ3) is 1.98. The molecule has 1 aromatic carbocycles. The average molecular weight is 237 g/mol. The molecule has 1 aromatic rings. The monoisotopic (exact) mass is 237 g/mol. The molecule has 0 aromatic heterocycles. The Hall–Kier alpha value is -1.26. The third-order valence-electron chi connectivity index (χ3n) is 3.36. The lowest BCUT2D eigenvalue weighted by molar-refractivity contribution is 0.0681. The lowest BCUT2D eigenvalue weighted by atomic mass is 9.84. The van der Waals surface area contributed by atoms with Crippen molar-refractivity contribution in [3.05, 3.63) is 23.3 Å². The van der Waals surface area contributed by atoms with Gasteiger partial charge in [-0.25, -0.2) is 0 Å². The number of methoxy groups -OCH3 is 2. The van der Waals surface area contributed by atoms with Crippen molar-refractivity contribution >= 4 is 0 Å². The van der Waals surface area contributed by atoms with E-state index in [-0.39, 0.29) is 5.54 Å².